The van der Waals surface area contributed by atoms with Crippen molar-refractivity contribution in [2.24, 2.45) is 11.1 Å². The molecule has 12 heavy (non-hydrogen) atoms. The molecule has 1 heterocycles. The van der Waals surface area contributed by atoms with E-state index in [9.17, 15) is 0 Å². The molecule has 1 aliphatic heterocycles. The van der Waals surface area contributed by atoms with E-state index in [1.54, 1.807) is 0 Å². The van der Waals surface area contributed by atoms with E-state index in [0.717, 1.165) is 13.1 Å². The molecule has 0 aromatic rings. The van der Waals surface area contributed by atoms with Crippen LogP contribution in [0.15, 0.2) is 0 Å². The predicted octanol–water partition coefficient (Wildman–Crippen LogP) is 1.50. The molecule has 2 fully saturated rings. The SMILES string of the molecule is NC(=S)N1CC2(CCCCC2)C1. The van der Waals surface area contributed by atoms with Gasteiger partial charge in [0.2, 0.25) is 0 Å². The van der Waals surface area contributed by atoms with Gasteiger partial charge in [-0.2, -0.15) is 0 Å². The van der Waals surface area contributed by atoms with E-state index in [1.807, 2.05) is 0 Å². The molecule has 0 atom stereocenters. The van der Waals surface area contributed by atoms with Crippen LogP contribution >= 0.6 is 12.2 Å². The van der Waals surface area contributed by atoms with E-state index in [2.05, 4.69) is 4.90 Å². The first-order valence-electron chi connectivity index (χ1n) is 4.76. The summed E-state index contributed by atoms with van der Waals surface area (Å²) >= 11 is 4.92. The molecule has 1 aliphatic carbocycles. The number of hydrogen-bond acceptors (Lipinski definition) is 1. The van der Waals surface area contributed by atoms with Crippen molar-refractivity contribution in [1.29, 1.82) is 0 Å². The van der Waals surface area contributed by atoms with Crippen molar-refractivity contribution in [3.63, 3.8) is 0 Å². The van der Waals surface area contributed by atoms with Crippen LogP contribution in [0.1, 0.15) is 32.1 Å². The van der Waals surface area contributed by atoms with Crippen LogP contribution in [0.4, 0.5) is 0 Å². The van der Waals surface area contributed by atoms with E-state index < -0.39 is 0 Å². The number of nitrogens with two attached hydrogens (primary N) is 1. The van der Waals surface area contributed by atoms with E-state index >= 15 is 0 Å². The summed E-state index contributed by atoms with van der Waals surface area (Å²) in [6.07, 6.45) is 7.03. The van der Waals surface area contributed by atoms with Gasteiger partial charge in [0.1, 0.15) is 0 Å². The van der Waals surface area contributed by atoms with E-state index in [0.29, 0.717) is 10.5 Å². The molecule has 68 valence electrons. The zero-order valence-electron chi connectivity index (χ0n) is 7.38. The van der Waals surface area contributed by atoms with Gasteiger partial charge in [-0.25, -0.2) is 0 Å². The summed E-state index contributed by atoms with van der Waals surface area (Å²) in [5.74, 6) is 0. The van der Waals surface area contributed by atoms with Crippen LogP contribution < -0.4 is 5.73 Å². The van der Waals surface area contributed by atoms with Crippen molar-refractivity contribution < 1.29 is 0 Å². The molecule has 0 radical (unpaired) electrons. The summed E-state index contributed by atoms with van der Waals surface area (Å²) in [4.78, 5) is 2.13. The Labute approximate surface area is 79.1 Å². The molecule has 1 spiro atoms. The quantitative estimate of drug-likeness (QED) is 0.578. The fourth-order valence-electron chi connectivity index (χ4n) is 2.54. The molecule has 2 aliphatic rings. The van der Waals surface area contributed by atoms with Crippen LogP contribution in [0, 0.1) is 5.41 Å². The lowest BCUT2D eigenvalue weighted by Gasteiger charge is -2.52. The Kier molecular flexibility index (Phi) is 1.99. The van der Waals surface area contributed by atoms with Crippen LogP contribution in [-0.2, 0) is 0 Å². The molecule has 2 nitrogen and oxygen atoms in total. The van der Waals surface area contributed by atoms with Crippen molar-refractivity contribution in [3.05, 3.63) is 0 Å². The summed E-state index contributed by atoms with van der Waals surface area (Å²) in [6, 6.07) is 0. The molecular formula is C9H16N2S. The highest BCUT2D eigenvalue weighted by atomic mass is 32.1. The Morgan fingerprint density at radius 1 is 1.17 bits per heavy atom. The molecule has 1 saturated heterocycles. The standard InChI is InChI=1S/C9H16N2S/c10-8(12)11-6-9(7-11)4-2-1-3-5-9/h1-7H2,(H2,10,12). The highest BCUT2D eigenvalue weighted by molar-refractivity contribution is 7.80. The van der Waals surface area contributed by atoms with Gasteiger partial charge in [0.05, 0.1) is 0 Å². The zero-order chi connectivity index (χ0) is 8.60. The first-order chi connectivity index (χ1) is 5.72. The van der Waals surface area contributed by atoms with Crippen molar-refractivity contribution in [2.45, 2.75) is 32.1 Å². The second kappa shape index (κ2) is 2.87. The lowest BCUT2D eigenvalue weighted by Crippen LogP contribution is -2.60. The van der Waals surface area contributed by atoms with Gasteiger partial charge in [-0.3, -0.25) is 0 Å². The van der Waals surface area contributed by atoms with Gasteiger partial charge in [0.25, 0.3) is 0 Å². The number of rotatable bonds is 0. The summed E-state index contributed by atoms with van der Waals surface area (Å²) in [6.45, 7) is 2.25. The summed E-state index contributed by atoms with van der Waals surface area (Å²) < 4.78 is 0. The van der Waals surface area contributed by atoms with Crippen molar-refractivity contribution >= 4 is 17.3 Å². The third-order valence-corrected chi connectivity index (χ3v) is 3.54. The zero-order valence-corrected chi connectivity index (χ0v) is 8.20. The van der Waals surface area contributed by atoms with Crippen LogP contribution in [0.25, 0.3) is 0 Å². The lowest BCUT2D eigenvalue weighted by molar-refractivity contribution is 0.0218. The average Bonchev–Trinajstić information content (AvgIpc) is 2.01. The van der Waals surface area contributed by atoms with Gasteiger partial charge in [0.15, 0.2) is 5.11 Å². The Morgan fingerprint density at radius 2 is 1.75 bits per heavy atom. The summed E-state index contributed by atoms with van der Waals surface area (Å²) in [7, 11) is 0. The van der Waals surface area contributed by atoms with Crippen molar-refractivity contribution in [1.82, 2.24) is 4.90 Å². The number of thiocarbonyl (C=S) groups is 1. The first kappa shape index (κ1) is 8.30. The normalized spacial score (nSPS) is 26.8. The van der Waals surface area contributed by atoms with Gasteiger partial charge in [0, 0.05) is 18.5 Å². The highest BCUT2D eigenvalue weighted by Gasteiger charge is 2.43. The fourth-order valence-corrected chi connectivity index (χ4v) is 2.67. The van der Waals surface area contributed by atoms with Gasteiger partial charge < -0.3 is 10.6 Å². The number of hydrogen-bond donors (Lipinski definition) is 1. The molecule has 0 aromatic carbocycles. The molecule has 2 N–H and O–H groups in total. The van der Waals surface area contributed by atoms with E-state index in [1.165, 1.54) is 32.1 Å². The second-order valence-corrected chi connectivity index (χ2v) is 4.67. The van der Waals surface area contributed by atoms with Crippen LogP contribution in [0.2, 0.25) is 0 Å². The summed E-state index contributed by atoms with van der Waals surface area (Å²) in [5, 5.41) is 0.589. The van der Waals surface area contributed by atoms with Crippen molar-refractivity contribution in [2.75, 3.05) is 13.1 Å². The van der Waals surface area contributed by atoms with Gasteiger partial charge in [-0.15, -0.1) is 0 Å². The Bertz CT molecular complexity index is 189. The Hall–Kier alpha value is -0.310. The molecular weight excluding hydrogens is 168 g/mol. The largest absolute Gasteiger partial charge is 0.376 e. The average molecular weight is 184 g/mol. The third kappa shape index (κ3) is 1.30. The molecule has 2 rings (SSSR count). The maximum Gasteiger partial charge on any atom is 0.166 e. The predicted molar refractivity (Wildman–Crippen MR) is 53.9 cm³/mol. The maximum absolute atomic E-state index is 5.55. The van der Waals surface area contributed by atoms with Gasteiger partial charge >= 0.3 is 0 Å². The third-order valence-electron chi connectivity index (χ3n) is 3.28. The Morgan fingerprint density at radius 3 is 2.25 bits per heavy atom. The van der Waals surface area contributed by atoms with E-state index in [4.69, 9.17) is 18.0 Å². The number of likely N-dealkylation sites (tertiary alicyclic amines) is 1. The van der Waals surface area contributed by atoms with Gasteiger partial charge in [-0.1, -0.05) is 19.3 Å². The number of nitrogens with zero attached hydrogens (tertiary/aromatic N) is 1. The monoisotopic (exact) mass is 184 g/mol. The molecule has 0 amide bonds. The summed E-state index contributed by atoms with van der Waals surface area (Å²) in [5.41, 5.74) is 6.16. The first-order valence-corrected chi connectivity index (χ1v) is 5.17. The van der Waals surface area contributed by atoms with E-state index in [-0.39, 0.29) is 0 Å². The van der Waals surface area contributed by atoms with Crippen LogP contribution in [-0.4, -0.2) is 23.1 Å². The molecule has 1 saturated carbocycles. The minimum absolute atomic E-state index is 0.589. The highest BCUT2D eigenvalue weighted by Crippen LogP contribution is 2.43. The molecule has 3 heteroatoms. The Balaban J connectivity index is 1.88. The van der Waals surface area contributed by atoms with Crippen molar-refractivity contribution in [3.8, 4) is 0 Å². The maximum atomic E-state index is 5.55. The lowest BCUT2D eigenvalue weighted by atomic mass is 9.69. The minimum Gasteiger partial charge on any atom is -0.376 e. The van der Waals surface area contributed by atoms with Crippen LogP contribution in [0.5, 0.6) is 0 Å². The molecule has 0 bridgehead atoms. The minimum atomic E-state index is 0.589. The topological polar surface area (TPSA) is 29.3 Å². The molecule has 0 unspecified atom stereocenters. The fraction of sp³-hybridized carbons (Fsp3) is 0.889. The van der Waals surface area contributed by atoms with Gasteiger partial charge in [-0.05, 0) is 25.1 Å². The second-order valence-electron chi connectivity index (χ2n) is 4.25. The molecule has 0 aromatic heterocycles. The van der Waals surface area contributed by atoms with Crippen LogP contribution in [0.3, 0.4) is 0 Å². The smallest absolute Gasteiger partial charge is 0.166 e.